The molecule has 4 bridgehead atoms. The van der Waals surface area contributed by atoms with E-state index in [4.69, 9.17) is 0 Å². The van der Waals surface area contributed by atoms with Crippen molar-refractivity contribution in [2.45, 2.75) is 57.4 Å². The lowest BCUT2D eigenvalue weighted by Crippen LogP contribution is -3.10. The van der Waals surface area contributed by atoms with Gasteiger partial charge < -0.3 is 9.80 Å². The van der Waals surface area contributed by atoms with Crippen LogP contribution < -0.4 is 4.90 Å². The summed E-state index contributed by atoms with van der Waals surface area (Å²) in [5.74, 6) is 3.13. The monoisotopic (exact) mass is 291 g/mol. The van der Waals surface area contributed by atoms with Crippen LogP contribution in [0, 0.1) is 23.2 Å². The van der Waals surface area contributed by atoms with Gasteiger partial charge in [-0.15, -0.1) is 0 Å². The van der Waals surface area contributed by atoms with Crippen molar-refractivity contribution in [2.75, 3.05) is 27.2 Å². The van der Waals surface area contributed by atoms with Crippen LogP contribution in [0.2, 0.25) is 0 Å². The molecule has 0 aromatic rings. The van der Waals surface area contributed by atoms with Gasteiger partial charge in [-0.2, -0.15) is 0 Å². The number of nitrogens with one attached hydrogen (secondary N) is 1. The highest BCUT2D eigenvalue weighted by atomic mass is 16.2. The van der Waals surface area contributed by atoms with Gasteiger partial charge in [0.05, 0.1) is 25.6 Å². The topological polar surface area (TPSA) is 24.8 Å². The molecule has 0 unspecified atom stereocenters. The summed E-state index contributed by atoms with van der Waals surface area (Å²) < 4.78 is 0. The van der Waals surface area contributed by atoms with Crippen LogP contribution in [0.4, 0.5) is 0 Å². The second-order valence-electron chi connectivity index (χ2n) is 8.80. The second kappa shape index (κ2) is 4.97. The van der Waals surface area contributed by atoms with Gasteiger partial charge in [0.15, 0.2) is 0 Å². The van der Waals surface area contributed by atoms with Crippen LogP contribution in [0.25, 0.3) is 0 Å². The van der Waals surface area contributed by atoms with E-state index in [1.165, 1.54) is 64.5 Å². The fraction of sp³-hybridized carbons (Fsp3) is 0.944. The molecule has 4 aliphatic carbocycles. The molecule has 1 aliphatic heterocycles. The fourth-order valence-corrected chi connectivity index (χ4v) is 6.40. The Labute approximate surface area is 129 Å². The molecule has 21 heavy (non-hydrogen) atoms. The fourth-order valence-electron chi connectivity index (χ4n) is 6.40. The van der Waals surface area contributed by atoms with Gasteiger partial charge in [0.1, 0.15) is 0 Å². The Bertz CT molecular complexity index is 390. The number of carbonyl (C=O) groups is 1. The van der Waals surface area contributed by atoms with Crippen molar-refractivity contribution in [1.29, 1.82) is 0 Å². The summed E-state index contributed by atoms with van der Waals surface area (Å²) >= 11 is 0. The molecule has 0 aromatic heterocycles. The van der Waals surface area contributed by atoms with Gasteiger partial charge in [-0.05, 0) is 56.3 Å². The maximum Gasteiger partial charge on any atom is 0.228 e. The quantitative estimate of drug-likeness (QED) is 0.816. The largest absolute Gasteiger partial charge is 0.342 e. The van der Waals surface area contributed by atoms with E-state index in [1.807, 2.05) is 0 Å². The Balaban J connectivity index is 1.49. The van der Waals surface area contributed by atoms with E-state index >= 15 is 0 Å². The zero-order chi connectivity index (χ0) is 14.6. The van der Waals surface area contributed by atoms with Crippen molar-refractivity contribution in [1.82, 2.24) is 4.90 Å². The Kier molecular flexibility index (Phi) is 3.33. The smallest absolute Gasteiger partial charge is 0.228 e. The normalized spacial score (nSPS) is 48.4. The van der Waals surface area contributed by atoms with Gasteiger partial charge in [-0.25, -0.2) is 0 Å². The summed E-state index contributed by atoms with van der Waals surface area (Å²) in [5, 5.41) is 0. The zero-order valence-corrected chi connectivity index (χ0v) is 13.7. The van der Waals surface area contributed by atoms with Crippen LogP contribution in [-0.4, -0.2) is 44.0 Å². The molecular weight excluding hydrogens is 260 g/mol. The van der Waals surface area contributed by atoms with Crippen LogP contribution in [0.3, 0.4) is 0 Å². The Hall–Kier alpha value is -0.570. The number of quaternary nitrogens is 1. The lowest BCUT2D eigenvalue weighted by atomic mass is 9.49. The minimum atomic E-state index is 0.0553. The van der Waals surface area contributed by atoms with Gasteiger partial charge in [0.2, 0.25) is 5.91 Å². The molecule has 5 aliphatic rings. The summed E-state index contributed by atoms with van der Waals surface area (Å²) in [6.45, 7) is 2.45. The first-order valence-corrected chi connectivity index (χ1v) is 9.14. The average molecular weight is 291 g/mol. The van der Waals surface area contributed by atoms with Crippen LogP contribution in [0.1, 0.15) is 51.4 Å². The van der Waals surface area contributed by atoms with Gasteiger partial charge in [0.25, 0.3) is 0 Å². The van der Waals surface area contributed by atoms with E-state index < -0.39 is 0 Å². The number of hydrogen-bond acceptors (Lipinski definition) is 1. The third-order valence-corrected chi connectivity index (χ3v) is 7.17. The highest BCUT2D eigenvalue weighted by Gasteiger charge is 2.55. The van der Waals surface area contributed by atoms with E-state index in [9.17, 15) is 4.79 Å². The van der Waals surface area contributed by atoms with E-state index in [0.717, 1.165) is 17.8 Å². The summed E-state index contributed by atoms with van der Waals surface area (Å²) in [6.07, 6.45) is 10.3. The van der Waals surface area contributed by atoms with E-state index in [0.29, 0.717) is 11.9 Å². The molecule has 118 valence electrons. The summed E-state index contributed by atoms with van der Waals surface area (Å²) in [6, 6.07) is 0.509. The Morgan fingerprint density at radius 2 is 1.48 bits per heavy atom. The first kappa shape index (κ1) is 14.0. The van der Waals surface area contributed by atoms with E-state index in [-0.39, 0.29) is 5.41 Å². The highest BCUT2D eigenvalue weighted by Crippen LogP contribution is 2.60. The molecule has 0 radical (unpaired) electrons. The number of amides is 1. The molecule has 0 spiro atoms. The Morgan fingerprint density at radius 3 is 1.95 bits per heavy atom. The van der Waals surface area contributed by atoms with Gasteiger partial charge >= 0.3 is 0 Å². The zero-order valence-electron chi connectivity index (χ0n) is 13.7. The van der Waals surface area contributed by atoms with Crippen LogP contribution in [-0.2, 0) is 4.79 Å². The van der Waals surface area contributed by atoms with Crippen molar-refractivity contribution in [2.24, 2.45) is 23.2 Å². The minimum absolute atomic E-state index is 0.0553. The number of hydrogen-bond donors (Lipinski definition) is 1. The van der Waals surface area contributed by atoms with Crippen LogP contribution in [0.5, 0.6) is 0 Å². The highest BCUT2D eigenvalue weighted by molar-refractivity contribution is 5.83. The predicted molar refractivity (Wildman–Crippen MR) is 83.0 cm³/mol. The molecule has 1 N–H and O–H groups in total. The third-order valence-electron chi connectivity index (χ3n) is 7.17. The van der Waals surface area contributed by atoms with Crippen molar-refractivity contribution in [3.63, 3.8) is 0 Å². The molecule has 1 amide bonds. The molecular formula is C18H31N2O+. The van der Waals surface area contributed by atoms with E-state index in [2.05, 4.69) is 19.0 Å². The van der Waals surface area contributed by atoms with Crippen molar-refractivity contribution in [3.8, 4) is 0 Å². The average Bonchev–Trinajstić information content (AvgIpc) is 2.45. The molecule has 1 saturated heterocycles. The third kappa shape index (κ3) is 2.32. The maximum absolute atomic E-state index is 13.3. The molecule has 5 fully saturated rings. The van der Waals surface area contributed by atoms with Gasteiger partial charge in [-0.1, -0.05) is 0 Å². The molecule has 0 atom stereocenters. The number of rotatable bonds is 2. The Morgan fingerprint density at radius 1 is 1.00 bits per heavy atom. The first-order valence-electron chi connectivity index (χ1n) is 9.14. The molecule has 0 aromatic carbocycles. The SMILES string of the molecule is CN(C(=O)C12CC3CC(CC(C3)C1)C2)C1CC[NH+](C)CC1. The molecule has 4 saturated carbocycles. The van der Waals surface area contributed by atoms with Crippen molar-refractivity contribution in [3.05, 3.63) is 0 Å². The van der Waals surface area contributed by atoms with Gasteiger partial charge in [-0.3, -0.25) is 4.79 Å². The number of piperidine rings is 1. The minimum Gasteiger partial charge on any atom is -0.342 e. The number of nitrogens with zero attached hydrogens (tertiary/aromatic N) is 1. The first-order chi connectivity index (χ1) is 10.1. The van der Waals surface area contributed by atoms with Gasteiger partial charge in [0, 0.05) is 25.9 Å². The summed E-state index contributed by atoms with van der Waals surface area (Å²) in [4.78, 5) is 17.1. The van der Waals surface area contributed by atoms with Crippen LogP contribution in [0.15, 0.2) is 0 Å². The maximum atomic E-state index is 13.3. The van der Waals surface area contributed by atoms with Crippen molar-refractivity contribution >= 4 is 5.91 Å². The predicted octanol–water partition coefficient (Wildman–Crippen LogP) is 1.34. The van der Waals surface area contributed by atoms with Crippen molar-refractivity contribution < 1.29 is 9.69 Å². The second-order valence-corrected chi connectivity index (χ2v) is 8.80. The standard InChI is InChI=1S/C18H30N2O/c1-19-5-3-16(4-6-19)20(2)17(21)18-10-13-7-14(11-18)9-15(8-13)12-18/h13-16H,3-12H2,1-2H3/p+1. The molecule has 5 rings (SSSR count). The summed E-state index contributed by atoms with van der Waals surface area (Å²) in [5.41, 5.74) is 0.0553. The number of carbonyl (C=O) groups excluding carboxylic acids is 1. The summed E-state index contributed by atoms with van der Waals surface area (Å²) in [7, 11) is 4.38. The number of likely N-dealkylation sites (tertiary alicyclic amines) is 1. The molecule has 3 nitrogen and oxygen atoms in total. The van der Waals surface area contributed by atoms with Crippen LogP contribution >= 0.6 is 0 Å². The molecule has 1 heterocycles. The van der Waals surface area contributed by atoms with E-state index in [1.54, 1.807) is 4.90 Å². The lowest BCUT2D eigenvalue weighted by Gasteiger charge is -2.57. The molecule has 3 heteroatoms. The lowest BCUT2D eigenvalue weighted by molar-refractivity contribution is -0.885.